The minimum absolute atomic E-state index is 0.499. The summed E-state index contributed by atoms with van der Waals surface area (Å²) in [6.45, 7) is 7.44. The van der Waals surface area contributed by atoms with Crippen molar-refractivity contribution in [2.24, 2.45) is 11.3 Å². The van der Waals surface area contributed by atoms with Crippen LogP contribution < -0.4 is 10.1 Å². The van der Waals surface area contributed by atoms with Gasteiger partial charge in [0.2, 0.25) is 5.88 Å². The van der Waals surface area contributed by atoms with E-state index in [2.05, 4.69) is 29.1 Å². The van der Waals surface area contributed by atoms with E-state index in [1.54, 1.807) is 7.11 Å². The summed E-state index contributed by atoms with van der Waals surface area (Å²) in [7, 11) is 1.62. The highest BCUT2D eigenvalue weighted by atomic mass is 16.5. The number of nitrogens with zero attached hydrogens (tertiary/aromatic N) is 2. The highest BCUT2D eigenvalue weighted by Gasteiger charge is 2.44. The van der Waals surface area contributed by atoms with Gasteiger partial charge in [-0.25, -0.2) is 4.98 Å². The molecule has 1 aliphatic rings. The van der Waals surface area contributed by atoms with Crippen molar-refractivity contribution in [1.82, 2.24) is 9.97 Å². The molecule has 4 heteroatoms. The lowest BCUT2D eigenvalue weighted by Gasteiger charge is -2.08. The smallest absolute Gasteiger partial charge is 0.218 e. The van der Waals surface area contributed by atoms with Crippen LogP contribution in [0, 0.1) is 18.3 Å². The van der Waals surface area contributed by atoms with Crippen LogP contribution in [-0.2, 0) is 0 Å². The topological polar surface area (TPSA) is 47.0 Å². The number of aromatic nitrogens is 2. The van der Waals surface area contributed by atoms with Crippen LogP contribution in [0.2, 0.25) is 0 Å². The summed E-state index contributed by atoms with van der Waals surface area (Å²) in [6.07, 6.45) is 1.29. The van der Waals surface area contributed by atoms with Crippen molar-refractivity contribution in [3.8, 4) is 5.88 Å². The predicted octanol–water partition coefficient (Wildman–Crippen LogP) is 2.25. The third-order valence-corrected chi connectivity index (χ3v) is 3.27. The van der Waals surface area contributed by atoms with Gasteiger partial charge in [0.15, 0.2) is 0 Å². The van der Waals surface area contributed by atoms with E-state index in [1.807, 2.05) is 13.0 Å². The number of anilines is 1. The Morgan fingerprint density at radius 1 is 1.50 bits per heavy atom. The Kier molecular flexibility index (Phi) is 2.74. The first-order valence-electron chi connectivity index (χ1n) is 5.65. The second-order valence-corrected chi connectivity index (χ2v) is 5.11. The third-order valence-electron chi connectivity index (χ3n) is 3.27. The molecule has 88 valence electrons. The Balaban J connectivity index is 1.96. The molecule has 0 aliphatic heterocycles. The molecule has 1 N–H and O–H groups in total. The number of ether oxygens (including phenoxy) is 1. The molecule has 4 nitrogen and oxygen atoms in total. The van der Waals surface area contributed by atoms with Gasteiger partial charge in [-0.15, -0.1) is 0 Å². The molecule has 1 saturated carbocycles. The molecule has 0 radical (unpaired) electrons. The largest absolute Gasteiger partial charge is 0.481 e. The Morgan fingerprint density at radius 2 is 2.19 bits per heavy atom. The maximum absolute atomic E-state index is 5.11. The van der Waals surface area contributed by atoms with E-state index in [-0.39, 0.29) is 0 Å². The Morgan fingerprint density at radius 3 is 2.75 bits per heavy atom. The fourth-order valence-corrected chi connectivity index (χ4v) is 1.89. The van der Waals surface area contributed by atoms with Crippen LogP contribution in [-0.4, -0.2) is 23.6 Å². The van der Waals surface area contributed by atoms with Crippen molar-refractivity contribution in [1.29, 1.82) is 0 Å². The maximum Gasteiger partial charge on any atom is 0.218 e. The quantitative estimate of drug-likeness (QED) is 0.847. The fraction of sp³-hybridized carbons (Fsp3) is 0.667. The van der Waals surface area contributed by atoms with Crippen molar-refractivity contribution in [3.63, 3.8) is 0 Å². The lowest BCUT2D eigenvalue weighted by atomic mass is 10.1. The molecule has 0 bridgehead atoms. The molecule has 0 spiro atoms. The molecule has 1 heterocycles. The van der Waals surface area contributed by atoms with Crippen LogP contribution in [0.4, 0.5) is 5.82 Å². The van der Waals surface area contributed by atoms with E-state index in [4.69, 9.17) is 4.74 Å². The molecule has 16 heavy (non-hydrogen) atoms. The first-order chi connectivity index (χ1) is 7.51. The average Bonchev–Trinajstić information content (AvgIpc) is 2.83. The summed E-state index contributed by atoms with van der Waals surface area (Å²) in [5, 5.41) is 3.35. The SMILES string of the molecule is COc1cc(NCC2CC2(C)C)nc(C)n1. The van der Waals surface area contributed by atoms with E-state index in [1.165, 1.54) is 6.42 Å². The molecule has 2 rings (SSSR count). The van der Waals surface area contributed by atoms with E-state index < -0.39 is 0 Å². The van der Waals surface area contributed by atoms with E-state index in [0.29, 0.717) is 11.3 Å². The van der Waals surface area contributed by atoms with Gasteiger partial charge < -0.3 is 10.1 Å². The van der Waals surface area contributed by atoms with Crippen LogP contribution in [0.5, 0.6) is 5.88 Å². The zero-order chi connectivity index (χ0) is 11.8. The Bertz CT molecular complexity index is 390. The van der Waals surface area contributed by atoms with E-state index in [0.717, 1.165) is 24.1 Å². The molecule has 1 aliphatic carbocycles. The van der Waals surface area contributed by atoms with Crippen molar-refractivity contribution in [2.75, 3.05) is 19.0 Å². The molecule has 1 aromatic heterocycles. The van der Waals surface area contributed by atoms with Gasteiger partial charge in [-0.3, -0.25) is 0 Å². The monoisotopic (exact) mass is 221 g/mol. The number of hydrogen-bond donors (Lipinski definition) is 1. The summed E-state index contributed by atoms with van der Waals surface area (Å²) in [4.78, 5) is 8.48. The minimum atomic E-state index is 0.499. The lowest BCUT2D eigenvalue weighted by molar-refractivity contribution is 0.396. The second-order valence-electron chi connectivity index (χ2n) is 5.11. The molecule has 1 fully saturated rings. The summed E-state index contributed by atoms with van der Waals surface area (Å²) < 4.78 is 5.11. The number of hydrogen-bond acceptors (Lipinski definition) is 4. The van der Waals surface area contributed by atoms with Gasteiger partial charge in [0.1, 0.15) is 11.6 Å². The zero-order valence-electron chi connectivity index (χ0n) is 10.4. The van der Waals surface area contributed by atoms with Crippen LogP contribution >= 0.6 is 0 Å². The average molecular weight is 221 g/mol. The standard InChI is InChI=1S/C12H19N3O/c1-8-14-10(5-11(15-8)16-4)13-7-9-6-12(9,2)3/h5,9H,6-7H2,1-4H3,(H,13,14,15). The van der Waals surface area contributed by atoms with Gasteiger partial charge in [0.05, 0.1) is 7.11 Å². The second kappa shape index (κ2) is 3.92. The first-order valence-corrected chi connectivity index (χ1v) is 5.65. The van der Waals surface area contributed by atoms with Gasteiger partial charge >= 0.3 is 0 Å². The molecule has 1 aromatic rings. The normalized spacial score (nSPS) is 21.6. The molecule has 1 unspecified atom stereocenters. The van der Waals surface area contributed by atoms with Gasteiger partial charge in [-0.05, 0) is 24.7 Å². The molecule has 0 saturated heterocycles. The van der Waals surface area contributed by atoms with Crippen LogP contribution in [0.15, 0.2) is 6.07 Å². The van der Waals surface area contributed by atoms with Crippen molar-refractivity contribution >= 4 is 5.82 Å². The third kappa shape index (κ3) is 2.43. The van der Waals surface area contributed by atoms with Gasteiger partial charge in [0, 0.05) is 12.6 Å². The van der Waals surface area contributed by atoms with Crippen molar-refractivity contribution in [2.45, 2.75) is 27.2 Å². The summed E-state index contributed by atoms with van der Waals surface area (Å²) in [5.74, 6) is 2.96. The summed E-state index contributed by atoms with van der Waals surface area (Å²) in [6, 6.07) is 1.84. The van der Waals surface area contributed by atoms with E-state index >= 15 is 0 Å². The molecule has 0 aromatic carbocycles. The fourth-order valence-electron chi connectivity index (χ4n) is 1.89. The Labute approximate surface area is 96.4 Å². The predicted molar refractivity (Wildman–Crippen MR) is 63.7 cm³/mol. The van der Waals surface area contributed by atoms with Crippen LogP contribution in [0.25, 0.3) is 0 Å². The van der Waals surface area contributed by atoms with Gasteiger partial charge in [-0.2, -0.15) is 4.98 Å². The summed E-state index contributed by atoms with van der Waals surface area (Å²) >= 11 is 0. The molecular weight excluding hydrogens is 202 g/mol. The lowest BCUT2D eigenvalue weighted by Crippen LogP contribution is -2.09. The summed E-state index contributed by atoms with van der Waals surface area (Å²) in [5.41, 5.74) is 0.499. The van der Waals surface area contributed by atoms with Gasteiger partial charge in [-0.1, -0.05) is 13.8 Å². The molecule has 0 amide bonds. The van der Waals surface area contributed by atoms with Crippen LogP contribution in [0.3, 0.4) is 0 Å². The first kappa shape index (κ1) is 11.2. The van der Waals surface area contributed by atoms with Gasteiger partial charge in [0.25, 0.3) is 0 Å². The van der Waals surface area contributed by atoms with Crippen LogP contribution in [0.1, 0.15) is 26.1 Å². The zero-order valence-corrected chi connectivity index (χ0v) is 10.4. The van der Waals surface area contributed by atoms with E-state index in [9.17, 15) is 0 Å². The number of aryl methyl sites for hydroxylation is 1. The van der Waals surface area contributed by atoms with Crippen molar-refractivity contribution < 1.29 is 4.74 Å². The number of nitrogens with one attached hydrogen (secondary N) is 1. The van der Waals surface area contributed by atoms with Crippen molar-refractivity contribution in [3.05, 3.63) is 11.9 Å². The molecule has 1 atom stereocenters. The number of methoxy groups -OCH3 is 1. The highest BCUT2D eigenvalue weighted by molar-refractivity contribution is 5.38. The Hall–Kier alpha value is -1.32. The molecular formula is C12H19N3O. The maximum atomic E-state index is 5.11. The number of rotatable bonds is 4. The minimum Gasteiger partial charge on any atom is -0.481 e. The highest BCUT2D eigenvalue weighted by Crippen LogP contribution is 2.51.